The molecule has 0 saturated carbocycles. The van der Waals surface area contributed by atoms with E-state index in [1.807, 2.05) is 94.4 Å². The van der Waals surface area contributed by atoms with Gasteiger partial charge >= 0.3 is 0 Å². The summed E-state index contributed by atoms with van der Waals surface area (Å²) in [6, 6.07) is 29.7. The van der Waals surface area contributed by atoms with Gasteiger partial charge in [-0.3, -0.25) is 14.4 Å². The number of amides is 3. The van der Waals surface area contributed by atoms with Crippen molar-refractivity contribution in [2.45, 2.75) is 44.3 Å². The van der Waals surface area contributed by atoms with Gasteiger partial charge in [0.25, 0.3) is 11.8 Å². The molecule has 3 N–H and O–H groups in total. The van der Waals surface area contributed by atoms with Crippen LogP contribution in [0, 0.1) is 20.8 Å². The molecule has 1 unspecified atom stereocenters. The second kappa shape index (κ2) is 14.3. The van der Waals surface area contributed by atoms with Crippen LogP contribution in [0.5, 0.6) is 0 Å². The van der Waals surface area contributed by atoms with Crippen LogP contribution in [0.2, 0.25) is 0 Å². The average molecular weight is 578 g/mol. The first-order valence-corrected chi connectivity index (χ1v) is 14.7. The van der Waals surface area contributed by atoms with Crippen LogP contribution >= 0.6 is 11.8 Å². The minimum Gasteiger partial charge on any atom is -0.325 e. The monoisotopic (exact) mass is 577 g/mol. The third-order valence-corrected chi connectivity index (χ3v) is 7.91. The number of carbonyl (C=O) groups is 3. The highest BCUT2D eigenvalue weighted by Gasteiger charge is 2.20. The molecule has 4 rings (SSSR count). The lowest BCUT2D eigenvalue weighted by molar-refractivity contribution is -0.116. The van der Waals surface area contributed by atoms with Gasteiger partial charge in [0.15, 0.2) is 0 Å². The van der Waals surface area contributed by atoms with E-state index in [0.29, 0.717) is 17.7 Å². The number of hydrogen-bond donors (Lipinski definition) is 3. The SMILES string of the molecule is CCC(Sc1cccc(NC(=O)/C(=C\c2cccc(C)c2)NC(=O)c2ccccc2)c1)C(=O)Nc1ccc(C)cc1C. The quantitative estimate of drug-likeness (QED) is 0.134. The predicted molar refractivity (Wildman–Crippen MR) is 173 cm³/mol. The maximum absolute atomic E-state index is 13.5. The summed E-state index contributed by atoms with van der Waals surface area (Å²) >= 11 is 1.44. The highest BCUT2D eigenvalue weighted by molar-refractivity contribution is 8.00. The van der Waals surface area contributed by atoms with E-state index < -0.39 is 5.91 Å². The zero-order chi connectivity index (χ0) is 30.1. The molecule has 0 heterocycles. The fourth-order valence-corrected chi connectivity index (χ4v) is 5.38. The minimum absolute atomic E-state index is 0.0732. The first-order chi connectivity index (χ1) is 20.2. The van der Waals surface area contributed by atoms with Gasteiger partial charge in [0.2, 0.25) is 5.91 Å². The van der Waals surface area contributed by atoms with Crippen molar-refractivity contribution in [3.05, 3.63) is 131 Å². The number of benzene rings is 4. The van der Waals surface area contributed by atoms with Crippen molar-refractivity contribution in [2.24, 2.45) is 0 Å². The molecule has 0 saturated heterocycles. The lowest BCUT2D eigenvalue weighted by Gasteiger charge is -2.17. The van der Waals surface area contributed by atoms with Gasteiger partial charge in [0.1, 0.15) is 5.70 Å². The van der Waals surface area contributed by atoms with E-state index in [9.17, 15) is 14.4 Å². The lowest BCUT2D eigenvalue weighted by atomic mass is 10.1. The van der Waals surface area contributed by atoms with Crippen LogP contribution in [-0.4, -0.2) is 23.0 Å². The zero-order valence-electron chi connectivity index (χ0n) is 24.2. The summed E-state index contributed by atoms with van der Waals surface area (Å²) in [6.07, 6.45) is 2.29. The molecule has 0 aromatic heterocycles. The Hall–Kier alpha value is -4.62. The molecule has 4 aromatic rings. The van der Waals surface area contributed by atoms with E-state index in [4.69, 9.17) is 0 Å². The topological polar surface area (TPSA) is 87.3 Å². The largest absolute Gasteiger partial charge is 0.325 e. The Balaban J connectivity index is 1.50. The zero-order valence-corrected chi connectivity index (χ0v) is 25.0. The molecule has 0 aliphatic heterocycles. The Morgan fingerprint density at radius 2 is 1.52 bits per heavy atom. The molecule has 0 aliphatic carbocycles. The lowest BCUT2D eigenvalue weighted by Crippen LogP contribution is -2.30. The predicted octanol–water partition coefficient (Wildman–Crippen LogP) is 7.53. The van der Waals surface area contributed by atoms with Crippen LogP contribution in [-0.2, 0) is 9.59 Å². The maximum Gasteiger partial charge on any atom is 0.272 e. The molecule has 0 fully saturated rings. The van der Waals surface area contributed by atoms with E-state index in [1.165, 1.54) is 11.8 Å². The molecule has 4 aromatic carbocycles. The normalized spacial score (nSPS) is 11.9. The third kappa shape index (κ3) is 8.44. The summed E-state index contributed by atoms with van der Waals surface area (Å²) < 4.78 is 0. The molecule has 6 nitrogen and oxygen atoms in total. The van der Waals surface area contributed by atoms with Crippen molar-refractivity contribution in [1.29, 1.82) is 0 Å². The van der Waals surface area contributed by atoms with Crippen molar-refractivity contribution >= 4 is 46.9 Å². The summed E-state index contributed by atoms with van der Waals surface area (Å²) in [6.45, 7) is 7.94. The number of nitrogens with one attached hydrogen (secondary N) is 3. The van der Waals surface area contributed by atoms with Gasteiger partial charge in [-0.05, 0) is 80.8 Å². The second-order valence-electron chi connectivity index (χ2n) is 10.1. The average Bonchev–Trinajstić information content (AvgIpc) is 2.97. The van der Waals surface area contributed by atoms with Gasteiger partial charge in [0.05, 0.1) is 5.25 Å². The Kier molecular flexibility index (Phi) is 10.3. The highest BCUT2D eigenvalue weighted by atomic mass is 32.2. The van der Waals surface area contributed by atoms with Crippen LogP contribution in [0.25, 0.3) is 6.08 Å². The molecule has 0 bridgehead atoms. The first-order valence-electron chi connectivity index (χ1n) is 13.8. The summed E-state index contributed by atoms with van der Waals surface area (Å²) in [5.41, 5.74) is 5.91. The number of thioether (sulfide) groups is 1. The van der Waals surface area contributed by atoms with Crippen molar-refractivity contribution in [3.63, 3.8) is 0 Å². The Labute approximate surface area is 251 Å². The van der Waals surface area contributed by atoms with Crippen molar-refractivity contribution in [2.75, 3.05) is 10.6 Å². The van der Waals surface area contributed by atoms with E-state index in [1.54, 1.807) is 36.4 Å². The minimum atomic E-state index is -0.456. The highest BCUT2D eigenvalue weighted by Crippen LogP contribution is 2.29. The Bertz CT molecular complexity index is 1620. The number of carbonyl (C=O) groups excluding carboxylic acids is 3. The van der Waals surface area contributed by atoms with E-state index in [-0.39, 0.29) is 22.8 Å². The van der Waals surface area contributed by atoms with Gasteiger partial charge < -0.3 is 16.0 Å². The third-order valence-electron chi connectivity index (χ3n) is 6.56. The Morgan fingerprint density at radius 3 is 2.24 bits per heavy atom. The van der Waals surface area contributed by atoms with Crippen LogP contribution in [0.3, 0.4) is 0 Å². The van der Waals surface area contributed by atoms with Gasteiger partial charge in [-0.25, -0.2) is 0 Å². The molecule has 3 amide bonds. The molecule has 42 heavy (non-hydrogen) atoms. The molecule has 7 heteroatoms. The fraction of sp³-hybridized carbons (Fsp3) is 0.171. The smallest absolute Gasteiger partial charge is 0.272 e. The molecule has 0 spiro atoms. The first kappa shape index (κ1) is 30.3. The standard InChI is InChI=1S/C35H35N3O3S/c1-5-32(35(41)37-30-18-17-24(3)19-25(30)4)42-29-16-10-15-28(22-29)36-34(40)31(21-26-12-9-11-23(2)20-26)38-33(39)27-13-7-6-8-14-27/h6-22,32H,5H2,1-4H3,(H,36,40)(H,37,41)(H,38,39)/b31-21+. The Morgan fingerprint density at radius 1 is 0.786 bits per heavy atom. The van der Waals surface area contributed by atoms with Crippen molar-refractivity contribution in [1.82, 2.24) is 5.32 Å². The van der Waals surface area contributed by atoms with Crippen LogP contribution in [0.15, 0.2) is 108 Å². The second-order valence-corrected chi connectivity index (χ2v) is 11.4. The maximum atomic E-state index is 13.5. The molecule has 214 valence electrons. The summed E-state index contributed by atoms with van der Waals surface area (Å²) in [5.74, 6) is -0.909. The molecular formula is C35H35N3O3S. The summed E-state index contributed by atoms with van der Waals surface area (Å²) in [5, 5.41) is 8.42. The number of aryl methyl sites for hydroxylation is 3. The van der Waals surface area contributed by atoms with E-state index >= 15 is 0 Å². The number of hydrogen-bond acceptors (Lipinski definition) is 4. The van der Waals surface area contributed by atoms with E-state index in [2.05, 4.69) is 16.0 Å². The molecular weight excluding hydrogens is 542 g/mol. The van der Waals surface area contributed by atoms with Crippen LogP contribution in [0.4, 0.5) is 11.4 Å². The molecule has 1 atom stereocenters. The molecule has 0 radical (unpaired) electrons. The summed E-state index contributed by atoms with van der Waals surface area (Å²) in [4.78, 5) is 40.3. The molecule has 0 aliphatic rings. The van der Waals surface area contributed by atoms with Gasteiger partial charge in [-0.1, -0.05) is 78.7 Å². The van der Waals surface area contributed by atoms with Crippen LogP contribution < -0.4 is 16.0 Å². The van der Waals surface area contributed by atoms with E-state index in [0.717, 1.165) is 32.8 Å². The van der Waals surface area contributed by atoms with Crippen molar-refractivity contribution < 1.29 is 14.4 Å². The summed E-state index contributed by atoms with van der Waals surface area (Å²) in [7, 11) is 0. The van der Waals surface area contributed by atoms with Crippen LogP contribution in [0.1, 0.15) is 46.0 Å². The number of anilines is 2. The van der Waals surface area contributed by atoms with Crippen molar-refractivity contribution in [3.8, 4) is 0 Å². The fourth-order valence-electron chi connectivity index (χ4n) is 4.37. The number of rotatable bonds is 10. The van der Waals surface area contributed by atoms with Gasteiger partial charge in [0, 0.05) is 21.8 Å². The van der Waals surface area contributed by atoms with Gasteiger partial charge in [-0.15, -0.1) is 11.8 Å². The van der Waals surface area contributed by atoms with Gasteiger partial charge in [-0.2, -0.15) is 0 Å².